The maximum absolute atomic E-state index is 11.4. The molecule has 1 N–H and O–H groups in total. The third-order valence-corrected chi connectivity index (χ3v) is 8.02. The van der Waals surface area contributed by atoms with Gasteiger partial charge in [0.15, 0.2) is 0 Å². The van der Waals surface area contributed by atoms with Gasteiger partial charge in [-0.1, -0.05) is 18.2 Å². The van der Waals surface area contributed by atoms with E-state index in [4.69, 9.17) is 0 Å². The molecule has 2 aliphatic rings. The van der Waals surface area contributed by atoms with Crippen LogP contribution in [0.4, 0.5) is 0 Å². The molecule has 1 aromatic carbocycles. The molecule has 0 spiro atoms. The Morgan fingerprint density at radius 2 is 1.79 bits per heavy atom. The zero-order valence-corrected chi connectivity index (χ0v) is 17.3. The standard InChI is InChI=1S/C25H26N2OS/c28-25(24-22(17-3-4-17)9-8-21-14-26-15-27(21)24)18-5-1-16(2-6-18)19-7-10-23-20(13-19)11-12-29-23/h7-18,25,28H,1-6H2/t16-,18-,25-/m1/s1. The maximum atomic E-state index is 11.4. The highest BCUT2D eigenvalue weighted by atomic mass is 32.1. The predicted molar refractivity (Wildman–Crippen MR) is 119 cm³/mol. The van der Waals surface area contributed by atoms with Crippen molar-refractivity contribution in [1.82, 2.24) is 9.38 Å². The zero-order valence-electron chi connectivity index (χ0n) is 16.5. The molecule has 3 heterocycles. The molecular weight excluding hydrogens is 376 g/mol. The molecule has 3 aromatic heterocycles. The predicted octanol–water partition coefficient (Wildman–Crippen LogP) is 6.43. The fourth-order valence-electron chi connectivity index (χ4n) is 5.31. The monoisotopic (exact) mass is 402 g/mol. The molecule has 29 heavy (non-hydrogen) atoms. The quantitative estimate of drug-likeness (QED) is 0.427. The van der Waals surface area contributed by atoms with Gasteiger partial charge in [-0.05, 0) is 96.4 Å². The number of hydrogen-bond donors (Lipinski definition) is 1. The highest BCUT2D eigenvalue weighted by Gasteiger charge is 2.34. The summed E-state index contributed by atoms with van der Waals surface area (Å²) in [5, 5.41) is 15.0. The van der Waals surface area contributed by atoms with E-state index in [9.17, 15) is 5.11 Å². The molecule has 4 heteroatoms. The first kappa shape index (κ1) is 17.7. The fraction of sp³-hybridized carbons (Fsp3) is 0.400. The van der Waals surface area contributed by atoms with Crippen LogP contribution >= 0.6 is 11.3 Å². The van der Waals surface area contributed by atoms with Crippen molar-refractivity contribution >= 4 is 26.9 Å². The number of nitrogens with zero attached hydrogens (tertiary/aromatic N) is 2. The Balaban J connectivity index is 1.24. The van der Waals surface area contributed by atoms with Crippen molar-refractivity contribution in [2.24, 2.45) is 5.92 Å². The first-order valence-corrected chi connectivity index (χ1v) is 11.8. The van der Waals surface area contributed by atoms with Crippen LogP contribution in [0.25, 0.3) is 15.6 Å². The van der Waals surface area contributed by atoms with Gasteiger partial charge < -0.3 is 9.51 Å². The van der Waals surface area contributed by atoms with Gasteiger partial charge in [0, 0.05) is 4.70 Å². The van der Waals surface area contributed by atoms with Crippen LogP contribution in [-0.2, 0) is 0 Å². The van der Waals surface area contributed by atoms with Gasteiger partial charge in [0.05, 0.1) is 29.8 Å². The van der Waals surface area contributed by atoms with Gasteiger partial charge in [-0.3, -0.25) is 0 Å². The Bertz CT molecular complexity index is 1160. The Morgan fingerprint density at radius 1 is 0.966 bits per heavy atom. The summed E-state index contributed by atoms with van der Waals surface area (Å²) in [5.74, 6) is 1.58. The number of aliphatic hydroxyl groups is 1. The average Bonchev–Trinajstić information content (AvgIpc) is 3.30. The van der Waals surface area contributed by atoms with Gasteiger partial charge in [-0.15, -0.1) is 11.3 Å². The number of fused-ring (bicyclic) bond motifs is 2. The van der Waals surface area contributed by atoms with Gasteiger partial charge in [0.2, 0.25) is 0 Å². The van der Waals surface area contributed by atoms with Crippen LogP contribution in [0, 0.1) is 5.92 Å². The smallest absolute Gasteiger partial charge is 0.0995 e. The number of aliphatic hydroxyl groups excluding tert-OH is 1. The number of pyridine rings is 1. The van der Waals surface area contributed by atoms with E-state index in [-0.39, 0.29) is 0 Å². The van der Waals surface area contributed by atoms with Crippen molar-refractivity contribution in [3.05, 3.63) is 71.1 Å². The third kappa shape index (κ3) is 3.10. The molecule has 2 fully saturated rings. The van der Waals surface area contributed by atoms with Gasteiger partial charge in [-0.2, -0.15) is 0 Å². The molecule has 0 saturated heterocycles. The molecule has 0 aliphatic heterocycles. The summed E-state index contributed by atoms with van der Waals surface area (Å²) in [5.41, 5.74) is 5.00. The van der Waals surface area contributed by atoms with Crippen LogP contribution in [0.2, 0.25) is 0 Å². The molecule has 2 saturated carbocycles. The van der Waals surface area contributed by atoms with E-state index >= 15 is 0 Å². The van der Waals surface area contributed by atoms with Crippen LogP contribution in [-0.4, -0.2) is 14.5 Å². The third-order valence-electron chi connectivity index (χ3n) is 7.12. The van der Waals surface area contributed by atoms with E-state index in [1.165, 1.54) is 34.1 Å². The van der Waals surface area contributed by atoms with Crippen LogP contribution in [0.3, 0.4) is 0 Å². The Morgan fingerprint density at radius 3 is 2.62 bits per heavy atom. The number of hydrogen-bond acceptors (Lipinski definition) is 3. The van der Waals surface area contributed by atoms with Crippen LogP contribution in [0.5, 0.6) is 0 Å². The van der Waals surface area contributed by atoms with Crippen molar-refractivity contribution < 1.29 is 5.11 Å². The lowest BCUT2D eigenvalue weighted by molar-refractivity contribution is 0.0754. The van der Waals surface area contributed by atoms with Crippen molar-refractivity contribution in [1.29, 1.82) is 0 Å². The lowest BCUT2D eigenvalue weighted by Gasteiger charge is -2.33. The lowest BCUT2D eigenvalue weighted by Crippen LogP contribution is -2.22. The summed E-state index contributed by atoms with van der Waals surface area (Å²) in [6.07, 6.45) is 10.4. The van der Waals surface area contributed by atoms with Crippen LogP contribution in [0.1, 0.15) is 73.3 Å². The first-order chi connectivity index (χ1) is 14.3. The minimum atomic E-state index is -0.399. The molecule has 6 rings (SSSR count). The molecule has 148 valence electrons. The number of imidazole rings is 1. The van der Waals surface area contributed by atoms with E-state index in [0.717, 1.165) is 36.9 Å². The number of benzene rings is 1. The molecule has 4 aromatic rings. The molecule has 0 radical (unpaired) electrons. The second-order valence-corrected chi connectivity index (χ2v) is 9.86. The summed E-state index contributed by atoms with van der Waals surface area (Å²) in [7, 11) is 0. The summed E-state index contributed by atoms with van der Waals surface area (Å²) in [4.78, 5) is 4.34. The van der Waals surface area contributed by atoms with E-state index in [2.05, 4.69) is 51.2 Å². The van der Waals surface area contributed by atoms with Crippen molar-refractivity contribution in [2.75, 3.05) is 0 Å². The largest absolute Gasteiger partial charge is 0.387 e. The molecule has 0 bridgehead atoms. The minimum absolute atomic E-state index is 0.335. The normalized spacial score (nSPS) is 23.6. The van der Waals surface area contributed by atoms with Gasteiger partial charge in [0.25, 0.3) is 0 Å². The lowest BCUT2D eigenvalue weighted by atomic mass is 9.75. The first-order valence-electron chi connectivity index (χ1n) is 10.9. The van der Waals surface area contributed by atoms with Crippen LogP contribution in [0.15, 0.2) is 54.3 Å². The van der Waals surface area contributed by atoms with Gasteiger partial charge in [-0.25, -0.2) is 4.98 Å². The summed E-state index contributed by atoms with van der Waals surface area (Å²) in [6.45, 7) is 0. The Kier molecular flexibility index (Phi) is 4.24. The number of rotatable bonds is 4. The summed E-state index contributed by atoms with van der Waals surface area (Å²) in [6, 6.07) is 13.6. The van der Waals surface area contributed by atoms with E-state index in [1.807, 2.05) is 23.9 Å². The second-order valence-electron chi connectivity index (χ2n) is 8.91. The van der Waals surface area contributed by atoms with E-state index < -0.39 is 6.10 Å². The molecule has 0 amide bonds. The Hall–Kier alpha value is -2.17. The highest BCUT2D eigenvalue weighted by molar-refractivity contribution is 7.17. The summed E-state index contributed by atoms with van der Waals surface area (Å²) < 4.78 is 3.51. The maximum Gasteiger partial charge on any atom is 0.0995 e. The molecule has 0 unspecified atom stereocenters. The SMILES string of the molecule is O[C@@H](c1c(C2CC2)ccc2cncn12)[C@H]1CC[C@H](c2ccc3sccc3c2)CC1. The highest BCUT2D eigenvalue weighted by Crippen LogP contribution is 2.47. The van der Waals surface area contributed by atoms with E-state index in [0.29, 0.717) is 17.8 Å². The van der Waals surface area contributed by atoms with Gasteiger partial charge in [0.1, 0.15) is 0 Å². The zero-order chi connectivity index (χ0) is 19.4. The molecule has 1 atom stereocenters. The second kappa shape index (κ2) is 6.96. The molecular formula is C25H26N2OS. The van der Waals surface area contributed by atoms with Crippen molar-refractivity contribution in [3.63, 3.8) is 0 Å². The fourth-order valence-corrected chi connectivity index (χ4v) is 6.08. The molecule has 3 nitrogen and oxygen atoms in total. The van der Waals surface area contributed by atoms with Crippen molar-refractivity contribution in [2.45, 2.75) is 56.5 Å². The van der Waals surface area contributed by atoms with E-state index in [1.54, 1.807) is 0 Å². The van der Waals surface area contributed by atoms with Crippen molar-refractivity contribution in [3.8, 4) is 0 Å². The molecule has 2 aliphatic carbocycles. The minimum Gasteiger partial charge on any atom is -0.387 e. The number of thiophene rings is 1. The van der Waals surface area contributed by atoms with Crippen LogP contribution < -0.4 is 0 Å². The average molecular weight is 403 g/mol. The number of aromatic nitrogens is 2. The summed E-state index contributed by atoms with van der Waals surface area (Å²) >= 11 is 1.81. The topological polar surface area (TPSA) is 37.5 Å². The Labute approximate surface area is 175 Å². The van der Waals surface area contributed by atoms with Gasteiger partial charge >= 0.3 is 0 Å².